The molecule has 0 aromatic heterocycles. The van der Waals surface area contributed by atoms with Gasteiger partial charge < -0.3 is 24.3 Å². The number of fused-ring (bicyclic) bond motifs is 10. The monoisotopic (exact) mass is 548 g/mol. The first-order chi connectivity index (χ1) is 17.3. The third kappa shape index (κ3) is 4.54. The van der Waals surface area contributed by atoms with Gasteiger partial charge >= 0.3 is 0 Å². The number of halogens is 2. The minimum atomic E-state index is 0. The van der Waals surface area contributed by atoms with Gasteiger partial charge in [0.25, 0.3) is 0 Å². The number of benzene rings is 2. The Morgan fingerprint density at radius 2 is 1.43 bits per heavy atom. The molecule has 1 N–H and O–H groups in total. The Morgan fingerprint density at radius 3 is 2.11 bits per heavy atom. The zero-order chi connectivity index (χ0) is 23.4. The van der Waals surface area contributed by atoms with Crippen LogP contribution < -0.4 is 24.3 Å². The van der Waals surface area contributed by atoms with E-state index in [1.165, 1.54) is 67.4 Å². The van der Waals surface area contributed by atoms with Crippen molar-refractivity contribution in [3.8, 4) is 23.0 Å². The Kier molecular flexibility index (Phi) is 8.02. The Bertz CT molecular complexity index is 1130. The summed E-state index contributed by atoms with van der Waals surface area (Å²) >= 11 is 0. The van der Waals surface area contributed by atoms with Crippen LogP contribution in [0.15, 0.2) is 24.3 Å². The average Bonchev–Trinajstić information content (AvgIpc) is 3.69. The quantitative estimate of drug-likeness (QED) is 0.528. The molecule has 4 aliphatic heterocycles. The molecule has 2 aromatic rings. The molecule has 2 fully saturated rings. The molecule has 0 spiro atoms. The lowest BCUT2D eigenvalue weighted by molar-refractivity contribution is 0.172. The molecule has 8 rings (SSSR count). The minimum Gasteiger partial charge on any atom is -0.454 e. The van der Waals surface area contributed by atoms with Crippen LogP contribution in [0.1, 0.15) is 73.1 Å². The van der Waals surface area contributed by atoms with E-state index in [0.29, 0.717) is 31.5 Å². The predicted molar refractivity (Wildman–Crippen MR) is 148 cm³/mol. The van der Waals surface area contributed by atoms with Gasteiger partial charge in [-0.1, -0.05) is 19.1 Å². The summed E-state index contributed by atoms with van der Waals surface area (Å²) in [6.07, 6.45) is 8.60. The maximum absolute atomic E-state index is 5.68. The largest absolute Gasteiger partial charge is 0.454 e. The molecular weight excluding hydrogens is 511 g/mol. The first-order valence-electron chi connectivity index (χ1n) is 13.6. The number of nitrogens with zero attached hydrogens (tertiary/aromatic N) is 1. The van der Waals surface area contributed by atoms with Gasteiger partial charge in [-0.05, 0) is 87.8 Å². The van der Waals surface area contributed by atoms with E-state index >= 15 is 0 Å². The standard InChI is InChI=1S/C16H21NO2.C13H15NO2.2ClH/c1-2-8-17-9-7-12-11-4-6-15-16(19-10-18-15)13(11)3-5-14(12)17;1-3-11-9(5-6-14-11)8-2-4-12-13(10(1)8)16-7-15-12;;/h4,6,12,14H,2-3,5,7-10H2,1H3;2,4,9,11,14H,1,3,5-7H2;2*1H/t12-,14-;9-,11-;;/m00../s1. The molecule has 0 unspecified atom stereocenters. The molecule has 6 aliphatic rings. The number of ether oxygens (including phenoxy) is 4. The summed E-state index contributed by atoms with van der Waals surface area (Å²) in [5, 5.41) is 3.60. The van der Waals surface area contributed by atoms with Crippen LogP contribution >= 0.6 is 24.8 Å². The van der Waals surface area contributed by atoms with E-state index in [1.807, 2.05) is 0 Å². The lowest BCUT2D eigenvalue weighted by Gasteiger charge is -2.33. The second-order valence-corrected chi connectivity index (χ2v) is 10.8. The molecule has 4 heterocycles. The second kappa shape index (κ2) is 11.1. The summed E-state index contributed by atoms with van der Waals surface area (Å²) in [6.45, 7) is 6.73. The van der Waals surface area contributed by atoms with Crippen molar-refractivity contribution in [2.75, 3.05) is 33.2 Å². The van der Waals surface area contributed by atoms with Crippen LogP contribution in [-0.4, -0.2) is 50.2 Å². The van der Waals surface area contributed by atoms with Crippen LogP contribution in [0.25, 0.3) is 0 Å². The highest BCUT2D eigenvalue weighted by Crippen LogP contribution is 2.48. The van der Waals surface area contributed by atoms with Gasteiger partial charge in [0, 0.05) is 35.0 Å². The van der Waals surface area contributed by atoms with Crippen molar-refractivity contribution in [2.45, 2.75) is 75.8 Å². The Labute approximate surface area is 232 Å². The highest BCUT2D eigenvalue weighted by Gasteiger charge is 2.40. The van der Waals surface area contributed by atoms with Crippen molar-refractivity contribution >= 4 is 24.8 Å². The first-order valence-corrected chi connectivity index (χ1v) is 13.6. The van der Waals surface area contributed by atoms with Gasteiger partial charge in [0.05, 0.1) is 0 Å². The average molecular weight is 550 g/mol. The van der Waals surface area contributed by atoms with Crippen molar-refractivity contribution < 1.29 is 18.9 Å². The molecule has 6 nitrogen and oxygen atoms in total. The molecule has 0 bridgehead atoms. The van der Waals surface area contributed by atoms with Gasteiger partial charge in [0.15, 0.2) is 23.0 Å². The van der Waals surface area contributed by atoms with Crippen LogP contribution in [0.4, 0.5) is 0 Å². The Hall–Kier alpha value is -1.86. The number of likely N-dealkylation sites (tertiary alicyclic amines) is 1. The fraction of sp³-hybridized carbons (Fsp3) is 0.586. The van der Waals surface area contributed by atoms with E-state index in [0.717, 1.165) is 48.4 Å². The summed E-state index contributed by atoms with van der Waals surface area (Å²) in [4.78, 5) is 2.69. The summed E-state index contributed by atoms with van der Waals surface area (Å²) in [6, 6.07) is 10.1. The smallest absolute Gasteiger partial charge is 0.231 e. The number of nitrogens with one attached hydrogen (secondary N) is 1. The summed E-state index contributed by atoms with van der Waals surface area (Å²) in [5.41, 5.74) is 5.85. The van der Waals surface area contributed by atoms with Crippen molar-refractivity contribution in [1.82, 2.24) is 10.2 Å². The van der Waals surface area contributed by atoms with E-state index in [9.17, 15) is 0 Å². The fourth-order valence-electron chi connectivity index (χ4n) is 7.57. The SMILES string of the molecule is CCCN1CC[C@H]2c3ccc4c(c3CC[C@@H]21)OCO4.Cl.Cl.c1cc2c(c3c1OCO3)CC[C@@H]1NCC[C@@H]21. The van der Waals surface area contributed by atoms with Crippen LogP contribution in [0.3, 0.4) is 0 Å². The van der Waals surface area contributed by atoms with Gasteiger partial charge in [-0.25, -0.2) is 0 Å². The topological polar surface area (TPSA) is 52.2 Å². The molecule has 0 amide bonds. The van der Waals surface area contributed by atoms with Gasteiger partial charge in [0.2, 0.25) is 13.6 Å². The lowest BCUT2D eigenvalue weighted by Crippen LogP contribution is -2.35. The summed E-state index contributed by atoms with van der Waals surface area (Å²) in [5.74, 6) is 5.33. The molecule has 8 heteroatoms. The van der Waals surface area contributed by atoms with Crippen LogP contribution in [0.2, 0.25) is 0 Å². The molecule has 2 saturated heterocycles. The maximum Gasteiger partial charge on any atom is 0.231 e. The normalized spacial score (nSPS) is 27.5. The number of hydrogen-bond acceptors (Lipinski definition) is 6. The highest BCUT2D eigenvalue weighted by molar-refractivity contribution is 5.85. The molecular formula is C29H38Cl2N2O4. The molecule has 2 aromatic carbocycles. The van der Waals surface area contributed by atoms with Gasteiger partial charge in [0.1, 0.15) is 0 Å². The number of rotatable bonds is 2. The van der Waals surface area contributed by atoms with E-state index in [2.05, 4.69) is 41.4 Å². The highest BCUT2D eigenvalue weighted by atomic mass is 35.5. The molecule has 202 valence electrons. The van der Waals surface area contributed by atoms with Crippen LogP contribution in [0, 0.1) is 0 Å². The van der Waals surface area contributed by atoms with Crippen LogP contribution in [-0.2, 0) is 12.8 Å². The summed E-state index contributed by atoms with van der Waals surface area (Å²) < 4.78 is 22.2. The third-order valence-electron chi connectivity index (χ3n) is 9.07. The Morgan fingerprint density at radius 1 is 0.784 bits per heavy atom. The van der Waals surface area contributed by atoms with Gasteiger partial charge in [-0.2, -0.15) is 0 Å². The second-order valence-electron chi connectivity index (χ2n) is 10.8. The van der Waals surface area contributed by atoms with Crippen LogP contribution in [0.5, 0.6) is 23.0 Å². The Balaban J connectivity index is 0.000000145. The number of hydrogen-bond donors (Lipinski definition) is 1. The van der Waals surface area contributed by atoms with E-state index < -0.39 is 0 Å². The van der Waals surface area contributed by atoms with Gasteiger partial charge in [-0.15, -0.1) is 24.8 Å². The fourth-order valence-corrected chi connectivity index (χ4v) is 7.57. The molecule has 37 heavy (non-hydrogen) atoms. The van der Waals surface area contributed by atoms with E-state index in [4.69, 9.17) is 18.9 Å². The maximum atomic E-state index is 5.68. The van der Waals surface area contributed by atoms with Crippen molar-refractivity contribution in [3.05, 3.63) is 46.5 Å². The zero-order valence-electron chi connectivity index (χ0n) is 21.5. The molecule has 0 saturated carbocycles. The zero-order valence-corrected chi connectivity index (χ0v) is 23.1. The minimum absolute atomic E-state index is 0. The molecule has 4 atom stereocenters. The van der Waals surface area contributed by atoms with E-state index in [1.54, 1.807) is 0 Å². The van der Waals surface area contributed by atoms with E-state index in [-0.39, 0.29) is 24.8 Å². The summed E-state index contributed by atoms with van der Waals surface area (Å²) in [7, 11) is 0. The van der Waals surface area contributed by atoms with Crippen molar-refractivity contribution in [1.29, 1.82) is 0 Å². The molecule has 2 aliphatic carbocycles. The predicted octanol–water partition coefficient (Wildman–Crippen LogP) is 5.58. The van der Waals surface area contributed by atoms with Crippen molar-refractivity contribution in [2.24, 2.45) is 0 Å². The molecule has 0 radical (unpaired) electrons. The first kappa shape index (κ1) is 26.7. The third-order valence-corrected chi connectivity index (χ3v) is 9.07. The van der Waals surface area contributed by atoms with Gasteiger partial charge in [-0.3, -0.25) is 4.90 Å². The van der Waals surface area contributed by atoms with Crippen molar-refractivity contribution in [3.63, 3.8) is 0 Å². The lowest BCUT2D eigenvalue weighted by atomic mass is 9.79.